The van der Waals surface area contributed by atoms with Crippen LogP contribution in [0.4, 0.5) is 5.69 Å². The summed E-state index contributed by atoms with van der Waals surface area (Å²) in [6.07, 6.45) is 5.49. The molecule has 1 amide bonds. The molecule has 0 aliphatic carbocycles. The topological polar surface area (TPSA) is 76.0 Å². The molecule has 0 spiro atoms. The average Bonchev–Trinajstić information content (AvgIpc) is 2.98. The fourth-order valence-electron chi connectivity index (χ4n) is 2.41. The van der Waals surface area contributed by atoms with E-state index >= 15 is 0 Å². The number of aliphatic imine (C=N–C) groups is 1. The number of hydrogen-bond donors (Lipinski definition) is 0. The zero-order valence-electron chi connectivity index (χ0n) is 12.6. The number of terminal acetylenes is 1. The molecule has 0 radical (unpaired) electrons. The third kappa shape index (κ3) is 2.40. The molecule has 0 saturated heterocycles. The van der Waals surface area contributed by atoms with Crippen LogP contribution in [0.2, 0.25) is 0 Å². The standard InChI is InChI=1S/C13H11N3O3S.C2H6/c1-3-8-7-14-13-15(2)12(17)10-6-9(20(18)19)4-5-11(10)16(8)13;1-2/h1,4-6,8H,7H2,2H3,(H,18,19);1-2H3/p-1/t8-;/m0./s1. The molecule has 2 atom stereocenters. The molecule has 2 heterocycles. The number of guanidine groups is 1. The number of carbonyl (C=O) groups excluding carboxylic acids is 1. The predicted molar refractivity (Wildman–Crippen MR) is 84.5 cm³/mol. The van der Waals surface area contributed by atoms with Crippen molar-refractivity contribution in [2.45, 2.75) is 24.8 Å². The Balaban J connectivity index is 0.000000847. The molecular weight excluding hydrogens is 302 g/mol. The zero-order chi connectivity index (χ0) is 16.4. The lowest BCUT2D eigenvalue weighted by molar-refractivity contribution is 0.0865. The van der Waals surface area contributed by atoms with Gasteiger partial charge in [-0.05, 0) is 29.3 Å². The first-order chi connectivity index (χ1) is 10.5. The third-order valence-electron chi connectivity index (χ3n) is 3.38. The van der Waals surface area contributed by atoms with Crippen LogP contribution in [0, 0.1) is 12.3 Å². The fraction of sp³-hybridized carbons (Fsp3) is 0.333. The molecule has 2 aliphatic heterocycles. The first-order valence-corrected chi connectivity index (χ1v) is 7.93. The lowest BCUT2D eigenvalue weighted by Crippen LogP contribution is -2.50. The lowest BCUT2D eigenvalue weighted by atomic mass is 10.1. The Bertz CT molecular complexity index is 708. The summed E-state index contributed by atoms with van der Waals surface area (Å²) in [5.41, 5.74) is 0.914. The quantitative estimate of drug-likeness (QED) is 0.576. The Hall–Kier alpha value is -2.17. The second-order valence-corrected chi connectivity index (χ2v) is 5.41. The van der Waals surface area contributed by atoms with Crippen LogP contribution in [0.3, 0.4) is 0 Å². The average molecular weight is 318 g/mol. The van der Waals surface area contributed by atoms with Gasteiger partial charge in [0.2, 0.25) is 5.96 Å². The highest BCUT2D eigenvalue weighted by Crippen LogP contribution is 2.33. The maximum Gasteiger partial charge on any atom is 0.262 e. The van der Waals surface area contributed by atoms with Crippen molar-refractivity contribution in [1.29, 1.82) is 0 Å². The molecule has 0 N–H and O–H groups in total. The molecule has 22 heavy (non-hydrogen) atoms. The van der Waals surface area contributed by atoms with Crippen LogP contribution in [0.1, 0.15) is 24.2 Å². The van der Waals surface area contributed by atoms with Gasteiger partial charge in [0, 0.05) is 11.9 Å². The second-order valence-electron chi connectivity index (χ2n) is 4.47. The molecule has 2 aliphatic rings. The fourth-order valence-corrected chi connectivity index (χ4v) is 2.80. The van der Waals surface area contributed by atoms with Crippen LogP contribution in [0.25, 0.3) is 0 Å². The van der Waals surface area contributed by atoms with Crippen molar-refractivity contribution in [3.63, 3.8) is 0 Å². The summed E-state index contributed by atoms with van der Waals surface area (Å²) in [4.78, 5) is 19.8. The van der Waals surface area contributed by atoms with Crippen molar-refractivity contribution in [2.24, 2.45) is 4.99 Å². The van der Waals surface area contributed by atoms with E-state index in [-0.39, 0.29) is 16.8 Å². The van der Waals surface area contributed by atoms with Crippen LogP contribution in [-0.2, 0) is 11.1 Å². The van der Waals surface area contributed by atoms with E-state index in [0.717, 1.165) is 0 Å². The van der Waals surface area contributed by atoms with Crippen LogP contribution < -0.4 is 4.90 Å². The number of rotatable bonds is 1. The van der Waals surface area contributed by atoms with E-state index in [9.17, 15) is 13.6 Å². The second kappa shape index (κ2) is 6.30. The zero-order valence-corrected chi connectivity index (χ0v) is 13.4. The molecule has 6 nitrogen and oxygen atoms in total. The van der Waals surface area contributed by atoms with Gasteiger partial charge in [0.05, 0.1) is 17.8 Å². The van der Waals surface area contributed by atoms with E-state index in [1.807, 2.05) is 13.8 Å². The van der Waals surface area contributed by atoms with Gasteiger partial charge in [-0.1, -0.05) is 19.8 Å². The van der Waals surface area contributed by atoms with Crippen molar-refractivity contribution >= 4 is 28.6 Å². The van der Waals surface area contributed by atoms with Crippen LogP contribution >= 0.6 is 0 Å². The minimum absolute atomic E-state index is 0.0716. The van der Waals surface area contributed by atoms with E-state index in [0.29, 0.717) is 23.8 Å². The van der Waals surface area contributed by atoms with E-state index in [2.05, 4.69) is 10.9 Å². The maximum atomic E-state index is 12.3. The first-order valence-electron chi connectivity index (χ1n) is 6.85. The molecule has 1 aromatic rings. The number of fused-ring (bicyclic) bond motifs is 3. The minimum atomic E-state index is -2.38. The number of amides is 1. The smallest absolute Gasteiger partial charge is 0.262 e. The summed E-state index contributed by atoms with van der Waals surface area (Å²) in [6.45, 7) is 4.41. The summed E-state index contributed by atoms with van der Waals surface area (Å²) in [5.74, 6) is 2.84. The van der Waals surface area contributed by atoms with Crippen molar-refractivity contribution in [1.82, 2.24) is 4.90 Å². The summed E-state index contributed by atoms with van der Waals surface area (Å²) in [5, 5.41) is 0. The van der Waals surface area contributed by atoms with Crippen LogP contribution in [0.5, 0.6) is 0 Å². The number of hydrogen-bond acceptors (Lipinski definition) is 5. The Labute approximate surface area is 132 Å². The highest BCUT2D eigenvalue weighted by Gasteiger charge is 2.39. The van der Waals surface area contributed by atoms with E-state index in [1.165, 1.54) is 17.0 Å². The highest BCUT2D eigenvalue weighted by atomic mass is 32.2. The molecule has 0 saturated carbocycles. The molecule has 7 heteroatoms. The van der Waals surface area contributed by atoms with Gasteiger partial charge >= 0.3 is 0 Å². The van der Waals surface area contributed by atoms with E-state index < -0.39 is 11.1 Å². The number of anilines is 1. The van der Waals surface area contributed by atoms with Gasteiger partial charge in [-0.2, -0.15) is 0 Å². The van der Waals surface area contributed by atoms with Crippen molar-refractivity contribution in [2.75, 3.05) is 18.5 Å². The number of carbonyl (C=O) groups is 1. The van der Waals surface area contributed by atoms with Gasteiger partial charge < -0.3 is 4.55 Å². The lowest BCUT2D eigenvalue weighted by Gasteiger charge is -2.35. The number of nitrogens with zero attached hydrogens (tertiary/aromatic N) is 3. The molecule has 116 valence electrons. The van der Waals surface area contributed by atoms with Gasteiger partial charge in [-0.25, -0.2) is 4.99 Å². The molecule has 0 bridgehead atoms. The van der Waals surface area contributed by atoms with E-state index in [1.54, 1.807) is 18.0 Å². The van der Waals surface area contributed by atoms with Gasteiger partial charge in [-0.3, -0.25) is 18.8 Å². The maximum absolute atomic E-state index is 12.3. The van der Waals surface area contributed by atoms with Crippen molar-refractivity contribution in [3.8, 4) is 12.3 Å². The molecular formula is C15H16N3O3S-. The van der Waals surface area contributed by atoms with Crippen LogP contribution in [-0.4, -0.2) is 45.2 Å². The molecule has 1 unspecified atom stereocenters. The Morgan fingerprint density at radius 3 is 2.73 bits per heavy atom. The van der Waals surface area contributed by atoms with Gasteiger partial charge in [0.25, 0.3) is 5.91 Å². The van der Waals surface area contributed by atoms with E-state index in [4.69, 9.17) is 6.42 Å². The van der Waals surface area contributed by atoms with Gasteiger partial charge in [-0.15, -0.1) is 6.42 Å². The Kier molecular flexibility index (Phi) is 4.64. The summed E-state index contributed by atoms with van der Waals surface area (Å²) >= 11 is -2.38. The SMILES string of the molecule is C#C[C@H]1CN=C2N(C)C(=O)c3cc(S(=O)[O-])ccc3N21.CC. The van der Waals surface area contributed by atoms with Crippen LogP contribution in [0.15, 0.2) is 28.1 Å². The highest BCUT2D eigenvalue weighted by molar-refractivity contribution is 7.79. The first kappa shape index (κ1) is 16.2. The largest absolute Gasteiger partial charge is 0.768 e. The summed E-state index contributed by atoms with van der Waals surface area (Å²) in [7, 11) is 1.59. The summed E-state index contributed by atoms with van der Waals surface area (Å²) < 4.78 is 22.1. The third-order valence-corrected chi connectivity index (χ3v) is 4.02. The Morgan fingerprint density at radius 1 is 1.45 bits per heavy atom. The van der Waals surface area contributed by atoms with Crippen molar-refractivity contribution in [3.05, 3.63) is 23.8 Å². The number of benzene rings is 1. The summed E-state index contributed by atoms with van der Waals surface area (Å²) in [6, 6.07) is 4.14. The van der Waals surface area contributed by atoms with Gasteiger partial charge in [0.1, 0.15) is 6.04 Å². The van der Waals surface area contributed by atoms with Gasteiger partial charge in [0.15, 0.2) is 0 Å². The predicted octanol–water partition coefficient (Wildman–Crippen LogP) is 1.21. The molecule has 0 aromatic heterocycles. The molecule has 1 aromatic carbocycles. The normalized spacial score (nSPS) is 20.2. The monoisotopic (exact) mass is 318 g/mol. The van der Waals surface area contributed by atoms with Crippen molar-refractivity contribution < 1.29 is 13.6 Å². The molecule has 0 fully saturated rings. The Morgan fingerprint density at radius 2 is 2.14 bits per heavy atom. The molecule has 3 rings (SSSR count). The minimum Gasteiger partial charge on any atom is -0.768 e.